The van der Waals surface area contributed by atoms with Crippen LogP contribution in [0.5, 0.6) is 0 Å². The third kappa shape index (κ3) is 4.57. The van der Waals surface area contributed by atoms with Crippen molar-refractivity contribution >= 4 is 14.3 Å². The summed E-state index contributed by atoms with van der Waals surface area (Å²) in [6.45, 7) is 18.9. The van der Waals surface area contributed by atoms with Gasteiger partial charge in [0.15, 0.2) is 8.32 Å². The fourth-order valence-corrected chi connectivity index (χ4v) is 4.23. The molecule has 0 N–H and O–H groups in total. The summed E-state index contributed by atoms with van der Waals surface area (Å²) < 4.78 is 11.7. The number of carbonyl (C=O) groups is 1. The Balaban J connectivity index is 2.72. The maximum Gasteiger partial charge on any atom is 0.308 e. The highest BCUT2D eigenvalue weighted by Gasteiger charge is 2.43. The second-order valence-corrected chi connectivity index (χ2v) is 13.3. The topological polar surface area (TPSA) is 35.5 Å². The Morgan fingerprint density at radius 2 is 1.86 bits per heavy atom. The molecule has 0 saturated heterocycles. The minimum Gasteiger partial charge on any atom is -0.466 e. The summed E-state index contributed by atoms with van der Waals surface area (Å²) >= 11 is 0. The summed E-state index contributed by atoms with van der Waals surface area (Å²) in [5, 5.41) is 0.233. The average molecular weight is 329 g/mol. The first-order chi connectivity index (χ1) is 10.0. The quantitative estimate of drug-likeness (QED) is 0.515. The van der Waals surface area contributed by atoms with E-state index in [2.05, 4.69) is 40.8 Å². The molecule has 3 nitrogen and oxygen atoms in total. The van der Waals surface area contributed by atoms with Crippen LogP contribution in [0.15, 0.2) is 0 Å². The molecular formula is C18H36O3Si. The molecule has 0 aromatic heterocycles. The zero-order chi connectivity index (χ0) is 17.1. The van der Waals surface area contributed by atoms with Gasteiger partial charge in [0.1, 0.15) is 0 Å². The molecule has 0 bridgehead atoms. The van der Waals surface area contributed by atoms with Crippen LogP contribution in [-0.4, -0.2) is 27.5 Å². The Kier molecular flexibility index (Phi) is 6.69. The molecule has 1 rings (SSSR count). The standard InChI is InChI=1S/C18H36O3Si/c1-9-20-17(19)14(3)15-11-10-13(2)16(15)12-21-22(7,8)18(4,5)6/h13-16H,9-12H2,1-8H3/t13-,14+,15+,16+/m0/s1. The molecule has 1 aliphatic carbocycles. The third-order valence-electron chi connectivity index (χ3n) is 5.98. The highest BCUT2D eigenvalue weighted by molar-refractivity contribution is 6.74. The van der Waals surface area contributed by atoms with Crippen molar-refractivity contribution in [1.29, 1.82) is 0 Å². The maximum absolute atomic E-state index is 12.1. The van der Waals surface area contributed by atoms with Gasteiger partial charge >= 0.3 is 5.97 Å². The second-order valence-electron chi connectivity index (χ2n) is 8.49. The van der Waals surface area contributed by atoms with Gasteiger partial charge in [-0.25, -0.2) is 0 Å². The predicted molar refractivity (Wildman–Crippen MR) is 94.3 cm³/mol. The number of carbonyl (C=O) groups excluding carboxylic acids is 1. The molecule has 0 spiro atoms. The van der Waals surface area contributed by atoms with E-state index in [0.717, 1.165) is 13.0 Å². The van der Waals surface area contributed by atoms with E-state index in [1.54, 1.807) is 0 Å². The molecule has 4 heteroatoms. The lowest BCUT2D eigenvalue weighted by molar-refractivity contribution is -0.150. The van der Waals surface area contributed by atoms with E-state index in [1.807, 2.05) is 13.8 Å². The van der Waals surface area contributed by atoms with E-state index in [1.165, 1.54) is 6.42 Å². The molecule has 4 atom stereocenters. The Labute approximate surface area is 138 Å². The van der Waals surface area contributed by atoms with Crippen molar-refractivity contribution in [3.8, 4) is 0 Å². The van der Waals surface area contributed by atoms with Gasteiger partial charge in [-0.2, -0.15) is 0 Å². The molecular weight excluding hydrogens is 292 g/mol. The monoisotopic (exact) mass is 328 g/mol. The van der Waals surface area contributed by atoms with Crippen molar-refractivity contribution in [1.82, 2.24) is 0 Å². The van der Waals surface area contributed by atoms with Crippen molar-refractivity contribution in [2.75, 3.05) is 13.2 Å². The van der Waals surface area contributed by atoms with Crippen LogP contribution in [0.25, 0.3) is 0 Å². The molecule has 1 fully saturated rings. The van der Waals surface area contributed by atoms with E-state index in [0.29, 0.717) is 24.4 Å². The summed E-state index contributed by atoms with van der Waals surface area (Å²) in [4.78, 5) is 12.1. The van der Waals surface area contributed by atoms with Crippen LogP contribution in [0, 0.1) is 23.7 Å². The summed E-state index contributed by atoms with van der Waals surface area (Å²) in [6.07, 6.45) is 2.31. The lowest BCUT2D eigenvalue weighted by Crippen LogP contribution is -2.43. The van der Waals surface area contributed by atoms with Crippen LogP contribution in [0.3, 0.4) is 0 Å². The SMILES string of the molecule is CCOC(=O)[C@H](C)[C@H]1CC[C@H](C)[C@H]1CO[Si](C)(C)C(C)(C)C. The highest BCUT2D eigenvalue weighted by Crippen LogP contribution is 2.43. The van der Waals surface area contributed by atoms with E-state index in [9.17, 15) is 4.79 Å². The molecule has 0 amide bonds. The van der Waals surface area contributed by atoms with E-state index < -0.39 is 8.32 Å². The van der Waals surface area contributed by atoms with Gasteiger partial charge in [0, 0.05) is 6.61 Å². The first kappa shape index (κ1) is 19.7. The number of hydrogen-bond donors (Lipinski definition) is 0. The van der Waals surface area contributed by atoms with Crippen LogP contribution >= 0.6 is 0 Å². The Morgan fingerprint density at radius 1 is 1.27 bits per heavy atom. The second kappa shape index (κ2) is 7.48. The van der Waals surface area contributed by atoms with Gasteiger partial charge in [0.25, 0.3) is 0 Å². The molecule has 1 saturated carbocycles. The van der Waals surface area contributed by atoms with E-state index in [-0.39, 0.29) is 16.9 Å². The molecule has 0 radical (unpaired) electrons. The number of rotatable bonds is 6. The van der Waals surface area contributed by atoms with Gasteiger partial charge in [-0.1, -0.05) is 41.0 Å². The lowest BCUT2D eigenvalue weighted by atomic mass is 9.83. The van der Waals surface area contributed by atoms with Crippen molar-refractivity contribution in [3.05, 3.63) is 0 Å². The first-order valence-electron chi connectivity index (χ1n) is 8.81. The van der Waals surface area contributed by atoms with Gasteiger partial charge in [0.05, 0.1) is 12.5 Å². The fraction of sp³-hybridized carbons (Fsp3) is 0.944. The molecule has 130 valence electrons. The molecule has 0 heterocycles. The van der Waals surface area contributed by atoms with Crippen LogP contribution < -0.4 is 0 Å². The van der Waals surface area contributed by atoms with Gasteiger partial charge in [-0.3, -0.25) is 4.79 Å². The minimum atomic E-state index is -1.72. The van der Waals surface area contributed by atoms with Crippen LogP contribution in [0.4, 0.5) is 0 Å². The van der Waals surface area contributed by atoms with Crippen LogP contribution in [0.2, 0.25) is 18.1 Å². The van der Waals surface area contributed by atoms with Crippen molar-refractivity contribution < 1.29 is 14.0 Å². The predicted octanol–water partition coefficient (Wildman–Crippen LogP) is 4.87. The largest absolute Gasteiger partial charge is 0.466 e. The van der Waals surface area contributed by atoms with Crippen molar-refractivity contribution in [2.45, 2.75) is 72.5 Å². The van der Waals surface area contributed by atoms with Crippen LogP contribution in [0.1, 0.15) is 54.4 Å². The van der Waals surface area contributed by atoms with Crippen molar-refractivity contribution in [3.63, 3.8) is 0 Å². The zero-order valence-corrected chi connectivity index (χ0v) is 16.9. The summed E-state index contributed by atoms with van der Waals surface area (Å²) in [6, 6.07) is 0. The Bertz CT molecular complexity index is 373. The zero-order valence-electron chi connectivity index (χ0n) is 15.9. The first-order valence-corrected chi connectivity index (χ1v) is 11.7. The molecule has 0 aromatic carbocycles. The van der Waals surface area contributed by atoms with E-state index >= 15 is 0 Å². The molecule has 0 unspecified atom stereocenters. The third-order valence-corrected chi connectivity index (χ3v) is 10.5. The summed E-state index contributed by atoms with van der Waals surface area (Å²) in [5.41, 5.74) is 0. The molecule has 0 aromatic rings. The minimum absolute atomic E-state index is 0.0158. The van der Waals surface area contributed by atoms with E-state index in [4.69, 9.17) is 9.16 Å². The maximum atomic E-state index is 12.1. The van der Waals surface area contributed by atoms with Crippen molar-refractivity contribution in [2.24, 2.45) is 23.7 Å². The van der Waals surface area contributed by atoms with Gasteiger partial charge in [-0.15, -0.1) is 0 Å². The molecule has 1 aliphatic rings. The van der Waals surface area contributed by atoms with Gasteiger partial charge < -0.3 is 9.16 Å². The van der Waals surface area contributed by atoms with Crippen LogP contribution in [-0.2, 0) is 14.0 Å². The fourth-order valence-electron chi connectivity index (χ4n) is 3.18. The van der Waals surface area contributed by atoms with Gasteiger partial charge in [-0.05, 0) is 49.2 Å². The Morgan fingerprint density at radius 3 is 2.36 bits per heavy atom. The Hall–Kier alpha value is -0.353. The number of esters is 1. The summed E-state index contributed by atoms with van der Waals surface area (Å²) in [7, 11) is -1.72. The number of hydrogen-bond acceptors (Lipinski definition) is 3. The average Bonchev–Trinajstić information content (AvgIpc) is 2.75. The number of ether oxygens (including phenoxy) is 1. The smallest absolute Gasteiger partial charge is 0.308 e. The summed E-state index contributed by atoms with van der Waals surface area (Å²) in [5.74, 6) is 1.45. The lowest BCUT2D eigenvalue weighted by Gasteiger charge is -2.38. The molecule has 22 heavy (non-hydrogen) atoms. The highest BCUT2D eigenvalue weighted by atomic mass is 28.4. The normalized spacial score (nSPS) is 27.7. The molecule has 0 aliphatic heterocycles. The van der Waals surface area contributed by atoms with Gasteiger partial charge in [0.2, 0.25) is 0 Å².